The van der Waals surface area contributed by atoms with Gasteiger partial charge in [0.15, 0.2) is 11.5 Å². The maximum absolute atomic E-state index is 12.5. The van der Waals surface area contributed by atoms with Crippen LogP contribution in [-0.2, 0) is 11.2 Å². The molecule has 0 fully saturated rings. The van der Waals surface area contributed by atoms with E-state index in [0.717, 1.165) is 43.7 Å². The molecule has 0 aromatic heterocycles. The maximum atomic E-state index is 12.5. The predicted molar refractivity (Wildman–Crippen MR) is 137 cm³/mol. The summed E-state index contributed by atoms with van der Waals surface area (Å²) in [6.07, 6.45) is 4.60. The van der Waals surface area contributed by atoms with Crippen molar-refractivity contribution in [1.29, 1.82) is 0 Å². The molecule has 1 aromatic carbocycles. The number of amidine groups is 1. The minimum absolute atomic E-state index is 0.154. The molecule has 0 spiro atoms. The molecular formula is C26H36N6O2. The van der Waals surface area contributed by atoms with Crippen LogP contribution in [-0.4, -0.2) is 73.1 Å². The Balaban J connectivity index is 0.00000158. The fourth-order valence-corrected chi connectivity index (χ4v) is 4.20. The van der Waals surface area contributed by atoms with Crippen molar-refractivity contribution in [2.75, 3.05) is 33.7 Å². The monoisotopic (exact) mass is 464 g/mol. The molecule has 34 heavy (non-hydrogen) atoms. The fraction of sp³-hybridized carbons (Fsp3) is 0.462. The second-order valence-electron chi connectivity index (χ2n) is 8.63. The first-order valence-electron chi connectivity index (χ1n) is 12.1. The summed E-state index contributed by atoms with van der Waals surface area (Å²) in [5.74, 6) is -0.106. The zero-order valence-corrected chi connectivity index (χ0v) is 20.9. The van der Waals surface area contributed by atoms with Crippen molar-refractivity contribution in [2.24, 2.45) is 9.98 Å². The van der Waals surface area contributed by atoms with Crippen molar-refractivity contribution < 1.29 is 9.59 Å². The van der Waals surface area contributed by atoms with E-state index < -0.39 is 11.9 Å². The van der Waals surface area contributed by atoms with Gasteiger partial charge in [-0.1, -0.05) is 44.2 Å². The van der Waals surface area contributed by atoms with Crippen molar-refractivity contribution in [3.05, 3.63) is 58.9 Å². The number of allylic oxidation sites excluding steroid dienone is 1. The van der Waals surface area contributed by atoms with Crippen molar-refractivity contribution in [3.8, 4) is 0 Å². The number of rotatable bonds is 8. The van der Waals surface area contributed by atoms with Gasteiger partial charge in [0.2, 0.25) is 0 Å². The van der Waals surface area contributed by atoms with Crippen molar-refractivity contribution in [3.63, 3.8) is 0 Å². The number of imide groups is 1. The van der Waals surface area contributed by atoms with Crippen LogP contribution in [0.3, 0.4) is 0 Å². The minimum atomic E-state index is -0.636. The molecule has 3 aliphatic rings. The number of aliphatic imine (C=N–C) groups is 2. The third-order valence-corrected chi connectivity index (χ3v) is 5.86. The molecule has 1 aromatic rings. The number of nitrogens with zero attached hydrogens (tertiary/aromatic N) is 4. The zero-order valence-electron chi connectivity index (χ0n) is 20.9. The molecule has 2 aliphatic heterocycles. The van der Waals surface area contributed by atoms with Crippen LogP contribution in [0.2, 0.25) is 0 Å². The van der Waals surface area contributed by atoms with Gasteiger partial charge in [0.1, 0.15) is 0 Å². The summed E-state index contributed by atoms with van der Waals surface area (Å²) in [4.78, 5) is 37.5. The molecule has 2 heterocycles. The highest BCUT2D eigenvalue weighted by atomic mass is 16.2. The minimum Gasteiger partial charge on any atom is -0.384 e. The Bertz CT molecular complexity index is 1020. The Morgan fingerprint density at radius 1 is 1.18 bits per heavy atom. The first kappa shape index (κ1) is 25.4. The molecule has 8 nitrogen and oxygen atoms in total. The standard InChI is InChI=1S/C24H30N6O2.C2H6/c1-16-14-19-20(15-18(16)25-11-13-29(2)3)30(12-7-10-17-8-5-4-6-9-17)22-21(26-19)23(31)28-24(32)27-22;1-2/h4-6,8-9,15,19,25H,7,10-14H2,1-3H3,(H,28,31,32);1-2H3. The normalized spacial score (nSPS) is 19.3. The topological polar surface area (TPSA) is 89.4 Å². The lowest BCUT2D eigenvalue weighted by Crippen LogP contribution is -2.55. The Labute approximate surface area is 202 Å². The van der Waals surface area contributed by atoms with Crippen LogP contribution in [0.25, 0.3) is 0 Å². The highest BCUT2D eigenvalue weighted by molar-refractivity contribution is 6.69. The van der Waals surface area contributed by atoms with Crippen LogP contribution in [0.5, 0.6) is 0 Å². The Kier molecular flexibility index (Phi) is 8.76. The number of carbonyl (C=O) groups excluding carboxylic acids is 2. The van der Waals surface area contributed by atoms with Gasteiger partial charge in [-0.05, 0) is 57.5 Å². The molecule has 3 amide bonds. The van der Waals surface area contributed by atoms with Gasteiger partial charge < -0.3 is 15.1 Å². The van der Waals surface area contributed by atoms with E-state index in [1.807, 2.05) is 51.0 Å². The van der Waals surface area contributed by atoms with Gasteiger partial charge in [-0.15, -0.1) is 0 Å². The summed E-state index contributed by atoms with van der Waals surface area (Å²) < 4.78 is 0. The summed E-state index contributed by atoms with van der Waals surface area (Å²) in [5.41, 5.74) is 4.79. The average molecular weight is 465 g/mol. The third-order valence-electron chi connectivity index (χ3n) is 5.86. The number of aryl methyl sites for hydroxylation is 1. The molecule has 8 heteroatoms. The second kappa shape index (κ2) is 11.7. The lowest BCUT2D eigenvalue weighted by Gasteiger charge is -2.39. The molecule has 2 N–H and O–H groups in total. The zero-order chi connectivity index (χ0) is 24.7. The van der Waals surface area contributed by atoms with E-state index in [0.29, 0.717) is 12.4 Å². The lowest BCUT2D eigenvalue weighted by molar-refractivity contribution is -0.113. The molecule has 1 unspecified atom stereocenters. The Hall–Kier alpha value is -3.26. The van der Waals surface area contributed by atoms with Gasteiger partial charge in [-0.3, -0.25) is 15.1 Å². The number of carbonyl (C=O) groups is 2. The number of amides is 3. The van der Waals surface area contributed by atoms with Crippen LogP contribution in [0.15, 0.2) is 63.4 Å². The summed E-state index contributed by atoms with van der Waals surface area (Å²) in [6, 6.07) is 9.51. The molecule has 0 radical (unpaired) electrons. The van der Waals surface area contributed by atoms with Gasteiger partial charge in [0.05, 0.1) is 6.04 Å². The number of nitrogens with one attached hydrogen (secondary N) is 2. The third kappa shape index (κ3) is 5.99. The summed E-state index contributed by atoms with van der Waals surface area (Å²) in [6.45, 7) is 8.51. The SMILES string of the molecule is CC.CC1=C(NCCN(C)C)C=C2C(C1)N=C1C(=O)NC(=O)N=C1N2CCCc1ccccc1. The molecule has 1 aliphatic carbocycles. The number of hydrogen-bond donors (Lipinski definition) is 2. The number of likely N-dealkylation sites (N-methyl/N-ethyl adjacent to an activating group) is 1. The number of hydrogen-bond acceptors (Lipinski definition) is 6. The van der Waals surface area contributed by atoms with E-state index in [1.54, 1.807) is 0 Å². The molecule has 0 saturated carbocycles. The number of fused-ring (bicyclic) bond motifs is 2. The van der Waals surface area contributed by atoms with Crippen molar-refractivity contribution in [2.45, 2.75) is 46.1 Å². The summed E-state index contributed by atoms with van der Waals surface area (Å²) >= 11 is 0. The van der Waals surface area contributed by atoms with Crippen LogP contribution in [0.1, 0.15) is 39.2 Å². The summed E-state index contributed by atoms with van der Waals surface area (Å²) in [7, 11) is 4.10. The number of urea groups is 1. The van der Waals surface area contributed by atoms with E-state index in [1.165, 1.54) is 11.1 Å². The van der Waals surface area contributed by atoms with E-state index >= 15 is 0 Å². The largest absolute Gasteiger partial charge is 0.384 e. The highest BCUT2D eigenvalue weighted by Gasteiger charge is 2.39. The van der Waals surface area contributed by atoms with Gasteiger partial charge in [-0.2, -0.15) is 4.99 Å². The maximum Gasteiger partial charge on any atom is 0.349 e. The van der Waals surface area contributed by atoms with E-state index in [2.05, 4.69) is 45.7 Å². The first-order chi connectivity index (χ1) is 16.4. The lowest BCUT2D eigenvalue weighted by atomic mass is 9.92. The summed E-state index contributed by atoms with van der Waals surface area (Å²) in [5, 5.41) is 5.79. The molecule has 4 rings (SSSR count). The molecule has 0 bridgehead atoms. The molecular weight excluding hydrogens is 428 g/mol. The van der Waals surface area contributed by atoms with Gasteiger partial charge >= 0.3 is 6.03 Å². The van der Waals surface area contributed by atoms with Gasteiger partial charge in [-0.25, -0.2) is 4.79 Å². The fourth-order valence-electron chi connectivity index (χ4n) is 4.20. The van der Waals surface area contributed by atoms with Crippen LogP contribution in [0, 0.1) is 0 Å². The molecule has 1 atom stereocenters. The first-order valence-corrected chi connectivity index (χ1v) is 12.1. The van der Waals surface area contributed by atoms with Crippen LogP contribution >= 0.6 is 0 Å². The quantitative estimate of drug-likeness (QED) is 0.617. The Morgan fingerprint density at radius 3 is 2.62 bits per heavy atom. The van der Waals surface area contributed by atoms with Gasteiger partial charge in [0.25, 0.3) is 5.91 Å². The smallest absolute Gasteiger partial charge is 0.349 e. The van der Waals surface area contributed by atoms with Crippen LogP contribution in [0.4, 0.5) is 4.79 Å². The van der Waals surface area contributed by atoms with Crippen LogP contribution < -0.4 is 10.6 Å². The molecule has 182 valence electrons. The average Bonchev–Trinajstić information content (AvgIpc) is 2.81. The highest BCUT2D eigenvalue weighted by Crippen LogP contribution is 2.32. The van der Waals surface area contributed by atoms with E-state index in [-0.39, 0.29) is 11.8 Å². The van der Waals surface area contributed by atoms with Crippen molar-refractivity contribution in [1.82, 2.24) is 20.4 Å². The predicted octanol–water partition coefficient (Wildman–Crippen LogP) is 3.13. The molecule has 0 saturated heterocycles. The number of benzene rings is 1. The van der Waals surface area contributed by atoms with E-state index in [9.17, 15) is 9.59 Å². The second-order valence-corrected chi connectivity index (χ2v) is 8.63. The van der Waals surface area contributed by atoms with Crippen molar-refractivity contribution >= 4 is 23.5 Å². The van der Waals surface area contributed by atoms with E-state index in [4.69, 9.17) is 4.99 Å². The Morgan fingerprint density at radius 2 is 1.91 bits per heavy atom. The van der Waals surface area contributed by atoms with Gasteiger partial charge in [0, 0.05) is 31.0 Å².